The molecular weight excluding hydrogens is 264 g/mol. The molecule has 1 aliphatic rings. The third-order valence-corrected chi connectivity index (χ3v) is 3.81. The number of rotatable bonds is 8. The molecule has 1 saturated heterocycles. The summed E-state index contributed by atoms with van der Waals surface area (Å²) in [5.74, 6) is 1.69. The highest BCUT2D eigenvalue weighted by Crippen LogP contribution is 2.24. The molecule has 2 heterocycles. The second kappa shape index (κ2) is 8.82. The second-order valence-corrected chi connectivity index (χ2v) is 5.61. The van der Waals surface area contributed by atoms with Crippen molar-refractivity contribution in [2.75, 3.05) is 31.1 Å². The maximum atomic E-state index is 5.63. The first kappa shape index (κ1) is 16.0. The van der Waals surface area contributed by atoms with Crippen molar-refractivity contribution >= 4 is 5.82 Å². The van der Waals surface area contributed by atoms with E-state index in [-0.39, 0.29) is 0 Å². The average molecular weight is 292 g/mol. The Bertz CT molecular complexity index is 413. The number of nitrogens with zero attached hydrogens (tertiary/aromatic N) is 3. The van der Waals surface area contributed by atoms with Gasteiger partial charge in [0.15, 0.2) is 0 Å². The molecule has 0 aromatic carbocycles. The Morgan fingerprint density at radius 2 is 2.19 bits per heavy atom. The average Bonchev–Trinajstić information content (AvgIpc) is 2.54. The highest BCUT2D eigenvalue weighted by molar-refractivity contribution is 5.42. The number of piperidine rings is 1. The van der Waals surface area contributed by atoms with Crippen molar-refractivity contribution in [1.82, 2.24) is 15.3 Å². The van der Waals surface area contributed by atoms with Gasteiger partial charge < -0.3 is 15.0 Å². The predicted octanol–water partition coefficient (Wildman–Crippen LogP) is 2.62. The highest BCUT2D eigenvalue weighted by Gasteiger charge is 2.23. The smallest absolute Gasteiger partial charge is 0.218 e. The van der Waals surface area contributed by atoms with Crippen molar-refractivity contribution in [2.45, 2.75) is 52.0 Å². The molecule has 1 unspecified atom stereocenters. The highest BCUT2D eigenvalue weighted by atomic mass is 16.5. The van der Waals surface area contributed by atoms with Crippen molar-refractivity contribution < 1.29 is 4.74 Å². The summed E-state index contributed by atoms with van der Waals surface area (Å²) in [4.78, 5) is 11.1. The first-order chi connectivity index (χ1) is 10.3. The number of aromatic nitrogens is 2. The van der Waals surface area contributed by atoms with E-state index in [1.54, 1.807) is 6.33 Å². The maximum Gasteiger partial charge on any atom is 0.218 e. The van der Waals surface area contributed by atoms with Gasteiger partial charge in [-0.25, -0.2) is 9.97 Å². The van der Waals surface area contributed by atoms with E-state index in [0.29, 0.717) is 18.5 Å². The van der Waals surface area contributed by atoms with Crippen LogP contribution < -0.4 is 15.0 Å². The van der Waals surface area contributed by atoms with Crippen molar-refractivity contribution in [3.05, 3.63) is 12.4 Å². The van der Waals surface area contributed by atoms with Crippen LogP contribution in [0.15, 0.2) is 12.4 Å². The van der Waals surface area contributed by atoms with E-state index in [9.17, 15) is 0 Å². The molecule has 5 nitrogen and oxygen atoms in total. The lowest BCUT2D eigenvalue weighted by Gasteiger charge is -2.36. The minimum atomic E-state index is 0.527. The lowest BCUT2D eigenvalue weighted by Crippen LogP contribution is -2.46. The summed E-state index contributed by atoms with van der Waals surface area (Å²) >= 11 is 0. The summed E-state index contributed by atoms with van der Waals surface area (Å²) < 4.78 is 5.63. The van der Waals surface area contributed by atoms with Crippen molar-refractivity contribution in [2.24, 2.45) is 0 Å². The fourth-order valence-electron chi connectivity index (χ4n) is 2.73. The van der Waals surface area contributed by atoms with Gasteiger partial charge >= 0.3 is 0 Å². The molecule has 0 saturated carbocycles. The molecule has 0 amide bonds. The maximum absolute atomic E-state index is 5.63. The molecule has 1 aromatic rings. The third kappa shape index (κ3) is 4.84. The predicted molar refractivity (Wildman–Crippen MR) is 86.0 cm³/mol. The summed E-state index contributed by atoms with van der Waals surface area (Å²) in [6.07, 6.45) is 7.55. The quantitative estimate of drug-likeness (QED) is 0.746. The van der Waals surface area contributed by atoms with Crippen LogP contribution in [0.25, 0.3) is 0 Å². The zero-order valence-corrected chi connectivity index (χ0v) is 13.3. The van der Waals surface area contributed by atoms with E-state index in [4.69, 9.17) is 4.74 Å². The van der Waals surface area contributed by atoms with Crippen LogP contribution in [-0.2, 0) is 0 Å². The van der Waals surface area contributed by atoms with Gasteiger partial charge in [0.1, 0.15) is 12.1 Å². The van der Waals surface area contributed by atoms with Gasteiger partial charge in [-0.05, 0) is 38.6 Å². The fourth-order valence-corrected chi connectivity index (χ4v) is 2.73. The normalized spacial score (nSPS) is 18.8. The Morgan fingerprint density at radius 3 is 3.00 bits per heavy atom. The van der Waals surface area contributed by atoms with Crippen LogP contribution in [0.3, 0.4) is 0 Å². The van der Waals surface area contributed by atoms with Gasteiger partial charge in [-0.15, -0.1) is 0 Å². The summed E-state index contributed by atoms with van der Waals surface area (Å²) in [5, 5.41) is 3.54. The molecule has 0 aliphatic carbocycles. The zero-order valence-electron chi connectivity index (χ0n) is 13.3. The van der Waals surface area contributed by atoms with Gasteiger partial charge in [0.05, 0.1) is 6.61 Å². The summed E-state index contributed by atoms with van der Waals surface area (Å²) in [6, 6.07) is 2.51. The van der Waals surface area contributed by atoms with Gasteiger partial charge in [-0.2, -0.15) is 0 Å². The van der Waals surface area contributed by atoms with Gasteiger partial charge in [0, 0.05) is 25.2 Å². The molecule has 1 N–H and O–H groups in total. The van der Waals surface area contributed by atoms with E-state index in [2.05, 4.69) is 34.0 Å². The van der Waals surface area contributed by atoms with Crippen molar-refractivity contribution in [3.63, 3.8) is 0 Å². The molecule has 1 fully saturated rings. The Balaban J connectivity index is 2.02. The van der Waals surface area contributed by atoms with Crippen LogP contribution in [0.5, 0.6) is 5.88 Å². The first-order valence-corrected chi connectivity index (χ1v) is 8.27. The van der Waals surface area contributed by atoms with Crippen molar-refractivity contribution in [1.29, 1.82) is 0 Å². The van der Waals surface area contributed by atoms with Gasteiger partial charge in [0.25, 0.3) is 0 Å². The molecule has 1 aromatic heterocycles. The largest absolute Gasteiger partial charge is 0.478 e. The van der Waals surface area contributed by atoms with E-state index in [0.717, 1.165) is 31.9 Å². The minimum absolute atomic E-state index is 0.527. The molecular formula is C16H28N4O. The van der Waals surface area contributed by atoms with E-state index < -0.39 is 0 Å². The lowest BCUT2D eigenvalue weighted by atomic mass is 10.0. The van der Waals surface area contributed by atoms with Gasteiger partial charge in [-0.3, -0.25) is 0 Å². The molecule has 5 heteroatoms. The third-order valence-electron chi connectivity index (χ3n) is 3.81. The van der Waals surface area contributed by atoms with E-state index in [1.807, 2.05) is 6.07 Å². The van der Waals surface area contributed by atoms with Gasteiger partial charge in [0.2, 0.25) is 5.88 Å². The molecule has 2 rings (SSSR count). The number of anilines is 1. The summed E-state index contributed by atoms with van der Waals surface area (Å²) in [6.45, 7) is 8.19. The Hall–Kier alpha value is -1.36. The Kier molecular flexibility index (Phi) is 6.73. The van der Waals surface area contributed by atoms with Crippen LogP contribution >= 0.6 is 0 Å². The summed E-state index contributed by atoms with van der Waals surface area (Å²) in [7, 11) is 0. The molecule has 1 aliphatic heterocycles. The molecule has 0 bridgehead atoms. The fraction of sp³-hybridized carbons (Fsp3) is 0.750. The summed E-state index contributed by atoms with van der Waals surface area (Å²) in [5.41, 5.74) is 0. The molecule has 0 radical (unpaired) electrons. The molecule has 21 heavy (non-hydrogen) atoms. The number of hydrogen-bond acceptors (Lipinski definition) is 5. The van der Waals surface area contributed by atoms with Crippen LogP contribution in [0, 0.1) is 0 Å². The van der Waals surface area contributed by atoms with Gasteiger partial charge in [-0.1, -0.05) is 13.8 Å². The molecule has 0 spiro atoms. The molecule has 1 atom stereocenters. The molecule has 118 valence electrons. The first-order valence-electron chi connectivity index (χ1n) is 8.27. The SMILES string of the molecule is CCCNCC1CCCCN1c1cc(OCCC)ncn1. The van der Waals surface area contributed by atoms with Crippen LogP contribution in [-0.4, -0.2) is 42.3 Å². The van der Waals surface area contributed by atoms with Crippen molar-refractivity contribution in [3.8, 4) is 5.88 Å². The van der Waals surface area contributed by atoms with E-state index >= 15 is 0 Å². The van der Waals surface area contributed by atoms with Crippen LogP contribution in [0.1, 0.15) is 46.0 Å². The Labute approximate surface area is 128 Å². The number of nitrogens with one attached hydrogen (secondary N) is 1. The number of hydrogen-bond donors (Lipinski definition) is 1. The van der Waals surface area contributed by atoms with Crippen LogP contribution in [0.2, 0.25) is 0 Å². The monoisotopic (exact) mass is 292 g/mol. The minimum Gasteiger partial charge on any atom is -0.478 e. The standard InChI is InChI=1S/C16H28N4O/c1-3-8-17-12-14-7-5-6-9-20(14)15-11-16(19-13-18-15)21-10-4-2/h11,13-14,17H,3-10,12H2,1-2H3. The second-order valence-electron chi connectivity index (χ2n) is 5.61. The lowest BCUT2D eigenvalue weighted by molar-refractivity contribution is 0.304. The number of ether oxygens (including phenoxy) is 1. The topological polar surface area (TPSA) is 50.3 Å². The Morgan fingerprint density at radius 1 is 1.29 bits per heavy atom. The zero-order chi connectivity index (χ0) is 14.9. The van der Waals surface area contributed by atoms with Crippen LogP contribution in [0.4, 0.5) is 5.82 Å². The van der Waals surface area contributed by atoms with E-state index in [1.165, 1.54) is 25.7 Å².